The predicted octanol–water partition coefficient (Wildman–Crippen LogP) is 3.19. The molecule has 1 aromatic heterocycles. The zero-order valence-electron chi connectivity index (χ0n) is 10.2. The van der Waals surface area contributed by atoms with Crippen LogP contribution in [0.1, 0.15) is 32.2 Å². The van der Waals surface area contributed by atoms with Crippen molar-refractivity contribution < 1.29 is 18.7 Å². The molecule has 0 bridgehead atoms. The van der Waals surface area contributed by atoms with Crippen LogP contribution in [0.15, 0.2) is 40.8 Å². The van der Waals surface area contributed by atoms with Crippen molar-refractivity contribution in [3.8, 4) is 0 Å². The number of ether oxygens (including phenoxy) is 1. The summed E-state index contributed by atoms with van der Waals surface area (Å²) in [6.45, 7) is 0. The molecule has 0 unspecified atom stereocenters. The Kier molecular flexibility index (Phi) is 4.16. The first-order chi connectivity index (χ1) is 9.17. The summed E-state index contributed by atoms with van der Waals surface area (Å²) >= 11 is 3.25. The van der Waals surface area contributed by atoms with Gasteiger partial charge in [0.2, 0.25) is 11.5 Å². The Labute approximate surface area is 118 Å². The summed E-state index contributed by atoms with van der Waals surface area (Å²) in [4.78, 5) is 23.7. The number of benzene rings is 1. The monoisotopic (exact) mass is 322 g/mol. The fraction of sp³-hybridized carbons (Fsp3) is 0.143. The van der Waals surface area contributed by atoms with E-state index in [0.29, 0.717) is 16.5 Å². The van der Waals surface area contributed by atoms with E-state index in [-0.39, 0.29) is 17.3 Å². The van der Waals surface area contributed by atoms with Crippen molar-refractivity contribution in [1.82, 2.24) is 0 Å². The number of ketones is 1. The van der Waals surface area contributed by atoms with Gasteiger partial charge in [-0.3, -0.25) is 4.79 Å². The van der Waals surface area contributed by atoms with E-state index < -0.39 is 5.97 Å². The van der Waals surface area contributed by atoms with Crippen molar-refractivity contribution in [2.24, 2.45) is 0 Å². The number of hydrogen-bond donors (Lipinski definition) is 0. The molecule has 98 valence electrons. The first-order valence-electron chi connectivity index (χ1n) is 5.54. The van der Waals surface area contributed by atoms with Crippen molar-refractivity contribution >= 4 is 27.7 Å². The molecule has 0 saturated heterocycles. The highest BCUT2D eigenvalue weighted by atomic mass is 79.9. The van der Waals surface area contributed by atoms with Crippen LogP contribution < -0.4 is 0 Å². The molecule has 19 heavy (non-hydrogen) atoms. The maximum Gasteiger partial charge on any atom is 0.374 e. The van der Waals surface area contributed by atoms with Gasteiger partial charge < -0.3 is 9.15 Å². The minimum absolute atomic E-state index is 0.0543. The fourth-order valence-corrected chi connectivity index (χ4v) is 2.05. The Morgan fingerprint density at radius 1 is 1.26 bits per heavy atom. The highest BCUT2D eigenvalue weighted by molar-refractivity contribution is 9.08. The topological polar surface area (TPSA) is 56.5 Å². The van der Waals surface area contributed by atoms with Gasteiger partial charge in [-0.25, -0.2) is 4.79 Å². The summed E-state index contributed by atoms with van der Waals surface area (Å²) in [5.41, 5.74) is 1.10. The Morgan fingerprint density at radius 3 is 2.53 bits per heavy atom. The lowest BCUT2D eigenvalue weighted by molar-refractivity contribution is 0.0562. The molecule has 0 atom stereocenters. The number of hydrogen-bond acceptors (Lipinski definition) is 4. The van der Waals surface area contributed by atoms with Gasteiger partial charge in [-0.15, -0.1) is 0 Å². The van der Waals surface area contributed by atoms with Crippen LogP contribution in [-0.4, -0.2) is 18.9 Å². The van der Waals surface area contributed by atoms with E-state index >= 15 is 0 Å². The average Bonchev–Trinajstić information content (AvgIpc) is 2.90. The molecular weight excluding hydrogens is 312 g/mol. The van der Waals surface area contributed by atoms with Gasteiger partial charge in [-0.05, 0) is 6.07 Å². The van der Waals surface area contributed by atoms with E-state index in [2.05, 4.69) is 20.7 Å². The lowest BCUT2D eigenvalue weighted by Gasteiger charge is -1.97. The highest BCUT2D eigenvalue weighted by Gasteiger charge is 2.22. The Balaban J connectivity index is 2.39. The van der Waals surface area contributed by atoms with Crippen molar-refractivity contribution in [1.29, 1.82) is 0 Å². The van der Waals surface area contributed by atoms with Crippen LogP contribution in [0.25, 0.3) is 0 Å². The lowest BCUT2D eigenvalue weighted by atomic mass is 10.1. The largest absolute Gasteiger partial charge is 0.463 e. The van der Waals surface area contributed by atoms with E-state index in [0.717, 1.165) is 0 Å². The molecule has 2 rings (SSSR count). The van der Waals surface area contributed by atoms with E-state index in [9.17, 15) is 9.59 Å². The van der Waals surface area contributed by atoms with E-state index in [1.54, 1.807) is 30.3 Å². The number of rotatable bonds is 4. The highest BCUT2D eigenvalue weighted by Crippen LogP contribution is 2.21. The molecule has 1 heterocycles. The van der Waals surface area contributed by atoms with Gasteiger partial charge in [0.05, 0.1) is 7.11 Å². The first-order valence-corrected chi connectivity index (χ1v) is 6.66. The molecule has 0 amide bonds. The Morgan fingerprint density at radius 2 is 1.95 bits per heavy atom. The molecule has 4 nitrogen and oxygen atoms in total. The van der Waals surface area contributed by atoms with Gasteiger partial charge in [-0.2, -0.15) is 0 Å². The summed E-state index contributed by atoms with van der Waals surface area (Å²) in [5, 5.41) is 0.406. The molecule has 0 saturated carbocycles. The number of esters is 1. The molecule has 5 heteroatoms. The predicted molar refractivity (Wildman–Crippen MR) is 72.6 cm³/mol. The van der Waals surface area contributed by atoms with Crippen LogP contribution >= 0.6 is 15.9 Å². The SMILES string of the molecule is COC(=O)c1oc(C(=O)c2ccccc2)cc1CBr. The third-order valence-corrected chi connectivity index (χ3v) is 3.19. The summed E-state index contributed by atoms with van der Waals surface area (Å²) in [5.74, 6) is -0.681. The van der Waals surface area contributed by atoms with Crippen LogP contribution in [0.5, 0.6) is 0 Å². The molecule has 0 N–H and O–H groups in total. The number of carbonyl (C=O) groups is 2. The van der Waals surface area contributed by atoms with E-state index in [1.807, 2.05) is 6.07 Å². The summed E-state index contributed by atoms with van der Waals surface area (Å²) in [6, 6.07) is 10.3. The first kappa shape index (κ1) is 13.5. The summed E-state index contributed by atoms with van der Waals surface area (Å²) < 4.78 is 9.93. The smallest absolute Gasteiger partial charge is 0.374 e. The van der Waals surface area contributed by atoms with Gasteiger partial charge in [0.25, 0.3) is 0 Å². The fourth-order valence-electron chi connectivity index (χ4n) is 1.64. The van der Waals surface area contributed by atoms with Gasteiger partial charge in [0.15, 0.2) is 5.76 Å². The second kappa shape index (κ2) is 5.84. The summed E-state index contributed by atoms with van der Waals surface area (Å²) in [7, 11) is 1.27. The minimum Gasteiger partial charge on any atom is -0.463 e. The quantitative estimate of drug-likeness (QED) is 0.493. The molecule has 1 aromatic carbocycles. The average molecular weight is 323 g/mol. The molecule has 0 aliphatic rings. The number of carbonyl (C=O) groups excluding carboxylic acids is 2. The van der Waals surface area contributed by atoms with E-state index in [4.69, 9.17) is 4.42 Å². The maximum atomic E-state index is 12.2. The van der Waals surface area contributed by atoms with Crippen LogP contribution in [-0.2, 0) is 10.1 Å². The van der Waals surface area contributed by atoms with Gasteiger partial charge in [0, 0.05) is 16.5 Å². The van der Waals surface area contributed by atoms with Gasteiger partial charge in [0.1, 0.15) is 0 Å². The molecule has 0 fully saturated rings. The molecule has 2 aromatic rings. The number of methoxy groups -OCH3 is 1. The van der Waals surface area contributed by atoms with Crippen LogP contribution in [0.2, 0.25) is 0 Å². The number of furan rings is 1. The van der Waals surface area contributed by atoms with Gasteiger partial charge >= 0.3 is 5.97 Å². The Bertz CT molecular complexity index is 601. The zero-order chi connectivity index (χ0) is 13.8. The van der Waals surface area contributed by atoms with Crippen molar-refractivity contribution in [2.45, 2.75) is 5.33 Å². The van der Waals surface area contributed by atoms with Crippen LogP contribution in [0.3, 0.4) is 0 Å². The maximum absolute atomic E-state index is 12.2. The number of halogens is 1. The Hall–Kier alpha value is -1.88. The van der Waals surface area contributed by atoms with Crippen molar-refractivity contribution in [3.63, 3.8) is 0 Å². The molecule has 0 radical (unpaired) electrons. The molecular formula is C14H11BrO4. The lowest BCUT2D eigenvalue weighted by Crippen LogP contribution is -2.02. The normalized spacial score (nSPS) is 10.2. The third kappa shape index (κ3) is 2.76. The molecule has 0 spiro atoms. The van der Waals surface area contributed by atoms with Gasteiger partial charge in [-0.1, -0.05) is 46.3 Å². The third-order valence-electron chi connectivity index (χ3n) is 2.58. The number of alkyl halides is 1. The zero-order valence-corrected chi connectivity index (χ0v) is 11.8. The standard InChI is InChI=1S/C14H11BrO4/c1-18-14(17)13-10(8-15)7-11(19-13)12(16)9-5-3-2-4-6-9/h2-7H,8H2,1H3. The molecule has 0 aliphatic heterocycles. The van der Waals surface area contributed by atoms with Crippen molar-refractivity contribution in [2.75, 3.05) is 7.11 Å². The van der Waals surface area contributed by atoms with Crippen LogP contribution in [0.4, 0.5) is 0 Å². The second-order valence-corrected chi connectivity index (χ2v) is 4.35. The summed E-state index contributed by atoms with van der Waals surface area (Å²) in [6.07, 6.45) is 0. The molecule has 0 aliphatic carbocycles. The minimum atomic E-state index is -0.596. The van der Waals surface area contributed by atoms with Crippen molar-refractivity contribution in [3.05, 3.63) is 59.0 Å². The second-order valence-electron chi connectivity index (χ2n) is 3.79. The van der Waals surface area contributed by atoms with E-state index in [1.165, 1.54) is 7.11 Å². The van der Waals surface area contributed by atoms with Crippen LogP contribution in [0, 0.1) is 0 Å².